The van der Waals surface area contributed by atoms with Crippen molar-refractivity contribution in [3.05, 3.63) is 218 Å². The van der Waals surface area contributed by atoms with E-state index in [9.17, 15) is 0 Å². The van der Waals surface area contributed by atoms with Gasteiger partial charge < -0.3 is 4.42 Å². The molecule has 0 N–H and O–H groups in total. The van der Waals surface area contributed by atoms with Crippen molar-refractivity contribution in [3.63, 3.8) is 0 Å². The molecule has 12 rings (SSSR count). The monoisotopic (exact) mass is 776 g/mol. The van der Waals surface area contributed by atoms with Gasteiger partial charge in [-0.3, -0.25) is 0 Å². The predicted octanol–water partition coefficient (Wildman–Crippen LogP) is 15.8. The lowest BCUT2D eigenvalue weighted by molar-refractivity contribution is 0.669. The number of furan rings is 1. The van der Waals surface area contributed by atoms with Crippen LogP contribution >= 0.6 is 0 Å². The number of hydrogen-bond donors (Lipinski definition) is 0. The molecular weight excluding hydrogens is 741 g/mol. The summed E-state index contributed by atoms with van der Waals surface area (Å²) in [4.78, 5) is 10.3. The van der Waals surface area contributed by atoms with Crippen LogP contribution in [0.25, 0.3) is 122 Å². The zero-order valence-electron chi connectivity index (χ0n) is 33.1. The summed E-state index contributed by atoms with van der Waals surface area (Å²) in [5, 5.41) is 9.82. The van der Waals surface area contributed by atoms with E-state index in [4.69, 9.17) is 14.4 Å². The van der Waals surface area contributed by atoms with E-state index in [0.717, 1.165) is 72.3 Å². The molecule has 0 saturated carbocycles. The zero-order chi connectivity index (χ0) is 40.3. The van der Waals surface area contributed by atoms with Crippen LogP contribution in [0.15, 0.2) is 223 Å². The highest BCUT2D eigenvalue weighted by Crippen LogP contribution is 2.41. The van der Waals surface area contributed by atoms with E-state index in [-0.39, 0.29) is 0 Å². The van der Waals surface area contributed by atoms with Gasteiger partial charge in [-0.15, -0.1) is 0 Å². The van der Waals surface area contributed by atoms with Gasteiger partial charge in [0.15, 0.2) is 5.82 Å². The van der Waals surface area contributed by atoms with Gasteiger partial charge in [0.05, 0.1) is 11.4 Å². The SMILES string of the molecule is c1ccc(-c2nc(-c3ccc(-c4ccc(-c5c6ccccc6cc6c5ccc5ccccc56)cc4)cc3)cc(-c3cccc(-c4cccc5oc6ccccc6c45)c3)n2)cc1. The smallest absolute Gasteiger partial charge is 0.160 e. The fourth-order valence-corrected chi connectivity index (χ4v) is 9.11. The molecule has 0 aliphatic rings. The van der Waals surface area contributed by atoms with E-state index in [1.807, 2.05) is 36.4 Å². The second-order valence-corrected chi connectivity index (χ2v) is 15.7. The van der Waals surface area contributed by atoms with Crippen molar-refractivity contribution in [2.24, 2.45) is 0 Å². The lowest BCUT2D eigenvalue weighted by atomic mass is 9.89. The average Bonchev–Trinajstić information content (AvgIpc) is 3.73. The molecule has 0 radical (unpaired) electrons. The minimum atomic E-state index is 0.690. The highest BCUT2D eigenvalue weighted by Gasteiger charge is 2.16. The van der Waals surface area contributed by atoms with E-state index in [1.54, 1.807) is 0 Å². The molecule has 0 unspecified atom stereocenters. The summed E-state index contributed by atoms with van der Waals surface area (Å²) < 4.78 is 6.24. The third-order valence-corrected chi connectivity index (χ3v) is 12.1. The largest absolute Gasteiger partial charge is 0.456 e. The quantitative estimate of drug-likeness (QED) is 0.125. The van der Waals surface area contributed by atoms with Crippen molar-refractivity contribution in [2.45, 2.75) is 0 Å². The van der Waals surface area contributed by atoms with Crippen LogP contribution in [0.4, 0.5) is 0 Å². The Morgan fingerprint density at radius 2 is 0.885 bits per heavy atom. The number of benzene rings is 10. The average molecular weight is 777 g/mol. The second-order valence-electron chi connectivity index (χ2n) is 15.7. The fourth-order valence-electron chi connectivity index (χ4n) is 9.11. The summed E-state index contributed by atoms with van der Waals surface area (Å²) in [6.45, 7) is 0. The molecule has 0 atom stereocenters. The van der Waals surface area contributed by atoms with Crippen LogP contribution in [0, 0.1) is 0 Å². The van der Waals surface area contributed by atoms with Gasteiger partial charge in [-0.05, 0) is 96.0 Å². The molecule has 0 saturated heterocycles. The molecule has 0 fully saturated rings. The topological polar surface area (TPSA) is 38.9 Å². The summed E-state index contributed by atoms with van der Waals surface area (Å²) in [7, 11) is 0. The maximum Gasteiger partial charge on any atom is 0.160 e. The summed E-state index contributed by atoms with van der Waals surface area (Å²) in [5.41, 5.74) is 13.5. The van der Waals surface area contributed by atoms with Crippen LogP contribution in [-0.2, 0) is 0 Å². The lowest BCUT2D eigenvalue weighted by Crippen LogP contribution is -1.96. The number of rotatable bonds is 6. The highest BCUT2D eigenvalue weighted by atomic mass is 16.3. The minimum Gasteiger partial charge on any atom is -0.456 e. The molecule has 0 aliphatic carbocycles. The zero-order valence-corrected chi connectivity index (χ0v) is 33.1. The number of aromatic nitrogens is 2. The maximum absolute atomic E-state index is 6.24. The number of nitrogens with zero attached hydrogens (tertiary/aromatic N) is 2. The molecule has 3 heteroatoms. The Hall–Kier alpha value is -8.14. The van der Waals surface area contributed by atoms with Crippen molar-refractivity contribution >= 4 is 54.3 Å². The number of hydrogen-bond acceptors (Lipinski definition) is 3. The van der Waals surface area contributed by atoms with Crippen molar-refractivity contribution < 1.29 is 4.42 Å². The predicted molar refractivity (Wildman–Crippen MR) is 254 cm³/mol. The van der Waals surface area contributed by atoms with Crippen LogP contribution < -0.4 is 0 Å². The maximum atomic E-state index is 6.24. The highest BCUT2D eigenvalue weighted by molar-refractivity contribution is 6.20. The van der Waals surface area contributed by atoms with Crippen LogP contribution in [0.3, 0.4) is 0 Å². The molecule has 12 aromatic rings. The van der Waals surface area contributed by atoms with Gasteiger partial charge in [0.25, 0.3) is 0 Å². The van der Waals surface area contributed by atoms with Crippen LogP contribution in [0.2, 0.25) is 0 Å². The van der Waals surface area contributed by atoms with Gasteiger partial charge in [-0.2, -0.15) is 0 Å². The number of fused-ring (bicyclic) bond motifs is 7. The van der Waals surface area contributed by atoms with Gasteiger partial charge in [-0.1, -0.05) is 188 Å². The summed E-state index contributed by atoms with van der Waals surface area (Å²) in [6.07, 6.45) is 0. The Kier molecular flexibility index (Phi) is 8.17. The van der Waals surface area contributed by atoms with E-state index in [1.165, 1.54) is 43.4 Å². The molecule has 0 bridgehead atoms. The first-order chi connectivity index (χ1) is 30.2. The van der Waals surface area contributed by atoms with E-state index in [2.05, 4.69) is 182 Å². The number of para-hydroxylation sites is 1. The first kappa shape index (κ1) is 34.9. The Labute approximate surface area is 352 Å². The van der Waals surface area contributed by atoms with Gasteiger partial charge in [0.2, 0.25) is 0 Å². The van der Waals surface area contributed by atoms with Crippen LogP contribution in [0.5, 0.6) is 0 Å². The van der Waals surface area contributed by atoms with Gasteiger partial charge in [0, 0.05) is 27.5 Å². The molecule has 284 valence electrons. The van der Waals surface area contributed by atoms with Gasteiger partial charge in [-0.25, -0.2) is 9.97 Å². The van der Waals surface area contributed by atoms with Crippen molar-refractivity contribution in [2.75, 3.05) is 0 Å². The first-order valence-electron chi connectivity index (χ1n) is 20.7. The molecule has 10 aromatic carbocycles. The molecule has 2 aromatic heterocycles. The second kappa shape index (κ2) is 14.3. The van der Waals surface area contributed by atoms with Crippen molar-refractivity contribution in [1.29, 1.82) is 0 Å². The fraction of sp³-hybridized carbons (Fsp3) is 0. The summed E-state index contributed by atoms with van der Waals surface area (Å²) in [5.74, 6) is 0.690. The molecule has 61 heavy (non-hydrogen) atoms. The van der Waals surface area contributed by atoms with E-state index >= 15 is 0 Å². The summed E-state index contributed by atoms with van der Waals surface area (Å²) >= 11 is 0. The van der Waals surface area contributed by atoms with Crippen LogP contribution in [-0.4, -0.2) is 9.97 Å². The molecule has 3 nitrogen and oxygen atoms in total. The van der Waals surface area contributed by atoms with E-state index < -0.39 is 0 Å². The Morgan fingerprint density at radius 3 is 1.69 bits per heavy atom. The van der Waals surface area contributed by atoms with Crippen molar-refractivity contribution in [1.82, 2.24) is 9.97 Å². The third-order valence-electron chi connectivity index (χ3n) is 12.1. The molecule has 0 aliphatic heterocycles. The van der Waals surface area contributed by atoms with E-state index in [0.29, 0.717) is 5.82 Å². The summed E-state index contributed by atoms with van der Waals surface area (Å²) in [6, 6.07) is 77.6. The van der Waals surface area contributed by atoms with Gasteiger partial charge >= 0.3 is 0 Å². The van der Waals surface area contributed by atoms with Crippen molar-refractivity contribution in [3.8, 4) is 67.3 Å². The molecule has 2 heterocycles. The van der Waals surface area contributed by atoms with Gasteiger partial charge in [0.1, 0.15) is 11.2 Å². The van der Waals surface area contributed by atoms with Crippen LogP contribution in [0.1, 0.15) is 0 Å². The minimum absolute atomic E-state index is 0.690. The molecule has 0 amide bonds. The molecular formula is C58H36N2O. The normalized spacial score (nSPS) is 11.6. The molecule has 0 spiro atoms. The first-order valence-corrected chi connectivity index (χ1v) is 20.7. The Bertz CT molecular complexity index is 3620. The Balaban J connectivity index is 0.912. The standard InChI is InChI=1S/C58H36N2O/c1-2-13-42(14-3-1)58-59-52(36-53(60-58)45-17-10-16-43(34-45)48-21-11-23-55-57(48)50-20-8-9-22-54(50)61-55)40-28-24-37(25-29-40)38-26-30-41(31-27-38)56-47-19-7-5-15-44(47)35-51-46-18-6-4-12-39(46)32-33-49(51)56/h1-36H. The Morgan fingerprint density at radius 1 is 0.295 bits per heavy atom. The lowest BCUT2D eigenvalue weighted by Gasteiger charge is -2.14. The third kappa shape index (κ3) is 6.06.